The lowest BCUT2D eigenvalue weighted by Gasteiger charge is -2.39. The van der Waals surface area contributed by atoms with Crippen molar-refractivity contribution < 1.29 is 33.7 Å². The third-order valence-electron chi connectivity index (χ3n) is 4.58. The highest BCUT2D eigenvalue weighted by Gasteiger charge is 2.43. The first-order valence-electron chi connectivity index (χ1n) is 9.19. The molecule has 0 unspecified atom stereocenters. The molecular formula is C19H27N3O7. The van der Waals surface area contributed by atoms with E-state index in [0.29, 0.717) is 12.3 Å². The molecule has 1 fully saturated rings. The number of hydrogen-bond donors (Lipinski definition) is 2. The number of nitrogens with one attached hydrogen (secondary N) is 1. The summed E-state index contributed by atoms with van der Waals surface area (Å²) in [5.41, 5.74) is -0.727. The summed E-state index contributed by atoms with van der Waals surface area (Å²) < 4.78 is 16.0. The second-order valence-electron chi connectivity index (χ2n) is 6.85. The monoisotopic (exact) mass is 409 g/mol. The first kappa shape index (κ1) is 22.4. The van der Waals surface area contributed by atoms with Gasteiger partial charge in [-0.15, -0.1) is 0 Å². The van der Waals surface area contributed by atoms with Gasteiger partial charge in [0, 0.05) is 58.9 Å². The third kappa shape index (κ3) is 6.06. The number of carboxylic acid groups (broad SMARTS) is 1. The molecule has 0 aliphatic carbocycles. The highest BCUT2D eigenvalue weighted by atomic mass is 16.6. The van der Waals surface area contributed by atoms with E-state index in [0.717, 1.165) is 0 Å². The van der Waals surface area contributed by atoms with E-state index in [4.69, 9.17) is 19.3 Å². The Balaban J connectivity index is 2.11. The molecule has 1 aromatic carbocycles. The smallest absolute Gasteiger partial charge is 0.414 e. The van der Waals surface area contributed by atoms with Gasteiger partial charge in [0.05, 0.1) is 13.2 Å². The Hall–Kier alpha value is -2.85. The third-order valence-corrected chi connectivity index (χ3v) is 4.58. The molecule has 160 valence electrons. The number of amides is 3. The summed E-state index contributed by atoms with van der Waals surface area (Å²) in [5.74, 6) is -0.0914. The number of carbonyl (C=O) groups is 3. The van der Waals surface area contributed by atoms with Gasteiger partial charge in [0.2, 0.25) is 0 Å². The maximum Gasteiger partial charge on any atom is 0.414 e. The average molecular weight is 409 g/mol. The highest BCUT2D eigenvalue weighted by Crippen LogP contribution is 2.29. The minimum atomic E-state index is -1.17. The number of methoxy groups -OCH3 is 1. The number of likely N-dealkylation sites (tertiary alicyclic amines) is 1. The summed E-state index contributed by atoms with van der Waals surface area (Å²) in [6.45, 7) is 0.900. The lowest BCUT2D eigenvalue weighted by molar-refractivity contribution is -0.150. The van der Waals surface area contributed by atoms with Gasteiger partial charge in [0.15, 0.2) is 0 Å². The van der Waals surface area contributed by atoms with E-state index in [1.807, 2.05) is 0 Å². The molecule has 0 atom stereocenters. The molecule has 29 heavy (non-hydrogen) atoms. The fourth-order valence-corrected chi connectivity index (χ4v) is 2.89. The Morgan fingerprint density at radius 1 is 1.21 bits per heavy atom. The van der Waals surface area contributed by atoms with E-state index in [-0.39, 0.29) is 44.2 Å². The number of benzene rings is 1. The number of anilines is 1. The van der Waals surface area contributed by atoms with Crippen molar-refractivity contribution in [2.24, 2.45) is 0 Å². The van der Waals surface area contributed by atoms with Crippen molar-refractivity contribution in [3.05, 3.63) is 24.3 Å². The number of piperidine rings is 1. The maximum absolute atomic E-state index is 13.0. The minimum absolute atomic E-state index is 0.191. The Kier molecular flexibility index (Phi) is 7.80. The van der Waals surface area contributed by atoms with Crippen molar-refractivity contribution >= 4 is 23.8 Å². The van der Waals surface area contributed by atoms with E-state index in [9.17, 15) is 14.4 Å². The predicted octanol–water partition coefficient (Wildman–Crippen LogP) is 1.86. The van der Waals surface area contributed by atoms with E-state index in [1.165, 1.54) is 23.0 Å². The first-order chi connectivity index (χ1) is 13.8. The molecule has 3 amide bonds. The molecule has 2 N–H and O–H groups in total. The van der Waals surface area contributed by atoms with Gasteiger partial charge in [0.1, 0.15) is 11.4 Å². The molecule has 1 aliphatic heterocycles. The summed E-state index contributed by atoms with van der Waals surface area (Å²) in [5, 5.41) is 11.9. The summed E-state index contributed by atoms with van der Waals surface area (Å²) >= 11 is 0. The van der Waals surface area contributed by atoms with E-state index >= 15 is 0 Å². The molecule has 1 aliphatic rings. The van der Waals surface area contributed by atoms with Crippen LogP contribution < -0.4 is 10.1 Å². The summed E-state index contributed by atoms with van der Waals surface area (Å²) in [6, 6.07) is 6.46. The Morgan fingerprint density at radius 3 is 2.48 bits per heavy atom. The van der Waals surface area contributed by atoms with Gasteiger partial charge >= 0.3 is 12.2 Å². The van der Waals surface area contributed by atoms with Crippen molar-refractivity contribution in [1.82, 2.24) is 9.80 Å². The molecule has 1 saturated heterocycles. The molecule has 0 aromatic heterocycles. The number of hydrogen-bond acceptors (Lipinski definition) is 6. The molecule has 2 rings (SSSR count). The van der Waals surface area contributed by atoms with Crippen LogP contribution in [0.2, 0.25) is 0 Å². The van der Waals surface area contributed by atoms with Crippen molar-refractivity contribution in [3.63, 3.8) is 0 Å². The van der Waals surface area contributed by atoms with Gasteiger partial charge in [-0.1, -0.05) is 6.07 Å². The summed E-state index contributed by atoms with van der Waals surface area (Å²) in [4.78, 5) is 38.5. The standard InChI is InChI=1S/C19H27N3O7/c1-21(2)18(26)29-15-6-4-5-14(13-15)20-16(23)19(28-12-11-27-3)7-9-22(10-8-19)17(24)25/h4-6,13H,7-12H2,1-3H3,(H,20,23)(H,24,25). The lowest BCUT2D eigenvalue weighted by Crippen LogP contribution is -2.54. The Morgan fingerprint density at radius 2 is 1.90 bits per heavy atom. The number of rotatable bonds is 7. The highest BCUT2D eigenvalue weighted by molar-refractivity contribution is 5.97. The molecule has 10 nitrogen and oxygen atoms in total. The zero-order chi connectivity index (χ0) is 21.4. The molecular weight excluding hydrogens is 382 g/mol. The van der Waals surface area contributed by atoms with E-state index < -0.39 is 17.8 Å². The SMILES string of the molecule is COCCOC1(C(=O)Nc2cccc(OC(=O)N(C)C)c2)CCN(C(=O)O)CC1. The van der Waals surface area contributed by atoms with Gasteiger partial charge in [-0.2, -0.15) is 0 Å². The molecule has 0 radical (unpaired) electrons. The summed E-state index contributed by atoms with van der Waals surface area (Å²) in [7, 11) is 4.67. The number of ether oxygens (including phenoxy) is 3. The number of nitrogens with zero attached hydrogens (tertiary/aromatic N) is 2. The molecule has 1 heterocycles. The first-order valence-corrected chi connectivity index (χ1v) is 9.19. The van der Waals surface area contributed by atoms with Crippen molar-refractivity contribution in [1.29, 1.82) is 0 Å². The maximum atomic E-state index is 13.0. The van der Waals surface area contributed by atoms with Crippen LogP contribution in [0.25, 0.3) is 0 Å². The normalized spacial score (nSPS) is 15.5. The van der Waals surface area contributed by atoms with Crippen molar-refractivity contribution in [3.8, 4) is 5.75 Å². The zero-order valence-electron chi connectivity index (χ0n) is 16.8. The molecule has 1 aromatic rings. The van der Waals surface area contributed by atoms with Crippen molar-refractivity contribution in [2.45, 2.75) is 18.4 Å². The minimum Gasteiger partial charge on any atom is -0.465 e. The van der Waals surface area contributed by atoms with Gasteiger partial charge in [0.25, 0.3) is 5.91 Å². The van der Waals surface area contributed by atoms with Crippen LogP contribution in [0.4, 0.5) is 15.3 Å². The van der Waals surface area contributed by atoms with Crippen molar-refractivity contribution in [2.75, 3.05) is 52.8 Å². The van der Waals surface area contributed by atoms with E-state index in [1.54, 1.807) is 32.3 Å². The largest absolute Gasteiger partial charge is 0.465 e. The topological polar surface area (TPSA) is 118 Å². The van der Waals surface area contributed by atoms with Gasteiger partial charge in [-0.05, 0) is 12.1 Å². The predicted molar refractivity (Wildman–Crippen MR) is 104 cm³/mol. The van der Waals surface area contributed by atoms with Crippen LogP contribution in [0, 0.1) is 0 Å². The zero-order valence-corrected chi connectivity index (χ0v) is 16.8. The van der Waals surface area contributed by atoms with Crippen LogP contribution in [-0.2, 0) is 14.3 Å². The van der Waals surface area contributed by atoms with Crippen LogP contribution in [-0.4, -0.2) is 86.1 Å². The average Bonchev–Trinajstić information content (AvgIpc) is 2.68. The van der Waals surface area contributed by atoms with Crippen LogP contribution in [0.15, 0.2) is 24.3 Å². The van der Waals surface area contributed by atoms with Crippen LogP contribution in [0.5, 0.6) is 5.75 Å². The van der Waals surface area contributed by atoms with Crippen LogP contribution >= 0.6 is 0 Å². The molecule has 0 bridgehead atoms. The van der Waals surface area contributed by atoms with Gasteiger partial charge in [-0.25, -0.2) is 9.59 Å². The van der Waals surface area contributed by atoms with Crippen LogP contribution in [0.1, 0.15) is 12.8 Å². The lowest BCUT2D eigenvalue weighted by atomic mass is 9.90. The quantitative estimate of drug-likeness (QED) is 0.660. The fourth-order valence-electron chi connectivity index (χ4n) is 2.89. The van der Waals surface area contributed by atoms with Gasteiger partial charge < -0.3 is 34.4 Å². The Bertz CT molecular complexity index is 730. The molecule has 0 saturated carbocycles. The second kappa shape index (κ2) is 10.1. The number of carbonyl (C=O) groups excluding carboxylic acids is 2. The fraction of sp³-hybridized carbons (Fsp3) is 0.526. The summed E-state index contributed by atoms with van der Waals surface area (Å²) in [6.07, 6.45) is -1.10. The molecule has 10 heteroatoms. The second-order valence-corrected chi connectivity index (χ2v) is 6.85. The molecule has 0 spiro atoms. The van der Waals surface area contributed by atoms with Crippen LogP contribution in [0.3, 0.4) is 0 Å². The van der Waals surface area contributed by atoms with E-state index in [2.05, 4.69) is 5.32 Å². The van der Waals surface area contributed by atoms with Gasteiger partial charge in [-0.3, -0.25) is 4.79 Å². The Labute approximate surface area is 169 Å².